The highest BCUT2D eigenvalue weighted by Gasteiger charge is 2.33. The van der Waals surface area contributed by atoms with Crippen LogP contribution in [0.1, 0.15) is 13.3 Å². The summed E-state index contributed by atoms with van der Waals surface area (Å²) in [6.07, 6.45) is 3.47. The smallest absolute Gasteiger partial charge is 0.463 e. The van der Waals surface area contributed by atoms with Crippen molar-refractivity contribution in [2.75, 3.05) is 20.8 Å². The van der Waals surface area contributed by atoms with Gasteiger partial charge < -0.3 is 18.4 Å². The summed E-state index contributed by atoms with van der Waals surface area (Å²) in [5, 5.41) is 0. The van der Waals surface area contributed by atoms with Gasteiger partial charge in [-0.2, -0.15) is 0 Å². The third-order valence-corrected chi connectivity index (χ3v) is 4.08. The normalized spacial score (nSPS) is 12.0. The summed E-state index contributed by atoms with van der Waals surface area (Å²) in [5.74, 6) is -0.377. The average Bonchev–Trinajstić information content (AvgIpc) is 2.24. The van der Waals surface area contributed by atoms with Gasteiger partial charge in [-0.05, 0) is 13.3 Å². The van der Waals surface area contributed by atoms with E-state index in [4.69, 9.17) is 13.6 Å². The van der Waals surface area contributed by atoms with Crippen molar-refractivity contribution in [3.8, 4) is 0 Å². The quantitative estimate of drug-likeness (QED) is 0.304. The molecule has 15 heavy (non-hydrogen) atoms. The zero-order chi connectivity index (χ0) is 11.7. The van der Waals surface area contributed by atoms with Crippen LogP contribution in [0, 0.1) is 0 Å². The Hall–Kier alpha value is -0.693. The van der Waals surface area contributed by atoms with E-state index in [0.717, 1.165) is 0 Å². The molecule has 88 valence electrons. The maximum atomic E-state index is 10.9. The van der Waals surface area contributed by atoms with E-state index in [-0.39, 0.29) is 12.6 Å². The highest BCUT2D eigenvalue weighted by Crippen LogP contribution is 2.10. The molecule has 0 saturated carbocycles. The monoisotopic (exact) mass is 234 g/mol. The van der Waals surface area contributed by atoms with E-state index >= 15 is 0 Å². The molecule has 0 aliphatic rings. The van der Waals surface area contributed by atoms with Crippen LogP contribution in [0.5, 0.6) is 0 Å². The highest BCUT2D eigenvalue weighted by atomic mass is 28.4. The third kappa shape index (κ3) is 6.40. The highest BCUT2D eigenvalue weighted by molar-refractivity contribution is 6.59. The van der Waals surface area contributed by atoms with Crippen LogP contribution >= 0.6 is 0 Å². The van der Waals surface area contributed by atoms with Gasteiger partial charge in [0.1, 0.15) is 0 Å². The lowest BCUT2D eigenvalue weighted by Gasteiger charge is -2.19. The standard InChI is InChI=1S/C9H18O5Si/c1-4-6-9(10)14-7-5-8-15(11,12-2)13-3/h4,6,11H,5,7-8H2,1-3H3. The number of hydrogen-bond acceptors (Lipinski definition) is 5. The van der Waals surface area contributed by atoms with Gasteiger partial charge in [0.15, 0.2) is 0 Å². The minimum atomic E-state index is -3.00. The predicted octanol–water partition coefficient (Wildman–Crippen LogP) is 0.720. The molecular formula is C9H18O5Si. The molecule has 0 rings (SSSR count). The summed E-state index contributed by atoms with van der Waals surface area (Å²) in [6, 6.07) is 0.378. The van der Waals surface area contributed by atoms with Crippen molar-refractivity contribution >= 4 is 14.8 Å². The number of carbonyl (C=O) groups is 1. The summed E-state index contributed by atoms with van der Waals surface area (Å²) in [6.45, 7) is 1.99. The van der Waals surface area contributed by atoms with E-state index in [2.05, 4.69) is 0 Å². The Morgan fingerprint density at radius 2 is 2.00 bits per heavy atom. The van der Waals surface area contributed by atoms with Gasteiger partial charge in [-0.15, -0.1) is 0 Å². The molecule has 0 atom stereocenters. The molecule has 0 spiro atoms. The summed E-state index contributed by atoms with van der Waals surface area (Å²) in [7, 11) is -0.189. The summed E-state index contributed by atoms with van der Waals surface area (Å²) in [5.41, 5.74) is 0. The van der Waals surface area contributed by atoms with Crippen molar-refractivity contribution in [2.45, 2.75) is 19.4 Å². The molecule has 0 saturated heterocycles. The first-order chi connectivity index (χ1) is 7.08. The molecule has 5 nitrogen and oxygen atoms in total. The number of esters is 1. The lowest BCUT2D eigenvalue weighted by atomic mass is 10.5. The molecule has 1 N–H and O–H groups in total. The number of carbonyl (C=O) groups excluding carboxylic acids is 1. The van der Waals surface area contributed by atoms with Crippen molar-refractivity contribution in [1.29, 1.82) is 0 Å². The zero-order valence-electron chi connectivity index (χ0n) is 9.36. The van der Waals surface area contributed by atoms with E-state index in [0.29, 0.717) is 12.5 Å². The molecule has 0 aliphatic carbocycles. The molecule has 0 aliphatic heterocycles. The fourth-order valence-electron chi connectivity index (χ4n) is 0.940. The minimum Gasteiger partial charge on any atom is -0.463 e. The van der Waals surface area contributed by atoms with Crippen LogP contribution in [-0.4, -0.2) is 40.4 Å². The number of ether oxygens (including phenoxy) is 1. The Labute approximate surface area is 91.0 Å². The van der Waals surface area contributed by atoms with Crippen molar-refractivity contribution < 1.29 is 23.2 Å². The SMILES string of the molecule is CC=CC(=O)OCCC[Si](O)(OC)OC. The Morgan fingerprint density at radius 1 is 1.40 bits per heavy atom. The summed E-state index contributed by atoms with van der Waals surface area (Å²) < 4.78 is 14.6. The van der Waals surface area contributed by atoms with Crippen molar-refractivity contribution in [3.63, 3.8) is 0 Å². The maximum Gasteiger partial charge on any atom is 0.497 e. The van der Waals surface area contributed by atoms with Crippen LogP contribution in [0.15, 0.2) is 12.2 Å². The fraction of sp³-hybridized carbons (Fsp3) is 0.667. The molecule has 0 bridgehead atoms. The Kier molecular flexibility index (Phi) is 7.23. The van der Waals surface area contributed by atoms with E-state index < -0.39 is 8.80 Å². The largest absolute Gasteiger partial charge is 0.497 e. The first-order valence-corrected chi connectivity index (χ1v) is 6.67. The second-order valence-corrected chi connectivity index (χ2v) is 5.63. The fourth-order valence-corrected chi connectivity index (χ4v) is 2.11. The van der Waals surface area contributed by atoms with Gasteiger partial charge >= 0.3 is 14.8 Å². The van der Waals surface area contributed by atoms with E-state index in [1.54, 1.807) is 13.0 Å². The van der Waals surface area contributed by atoms with Crippen molar-refractivity contribution in [3.05, 3.63) is 12.2 Å². The van der Waals surface area contributed by atoms with Gasteiger partial charge in [0, 0.05) is 26.3 Å². The minimum absolute atomic E-state index is 0.255. The lowest BCUT2D eigenvalue weighted by Crippen LogP contribution is -2.40. The second kappa shape index (κ2) is 7.58. The topological polar surface area (TPSA) is 65.0 Å². The molecule has 0 amide bonds. The van der Waals surface area contributed by atoms with Gasteiger partial charge in [0.2, 0.25) is 0 Å². The molecule has 0 radical (unpaired) electrons. The van der Waals surface area contributed by atoms with Crippen molar-refractivity contribution in [1.82, 2.24) is 0 Å². The first-order valence-electron chi connectivity index (χ1n) is 4.70. The molecule has 0 aromatic rings. The number of hydrogen-bond donors (Lipinski definition) is 1. The van der Waals surface area contributed by atoms with Crippen LogP contribution < -0.4 is 0 Å². The van der Waals surface area contributed by atoms with Gasteiger partial charge in [-0.1, -0.05) is 6.08 Å². The van der Waals surface area contributed by atoms with Crippen LogP contribution in [0.4, 0.5) is 0 Å². The van der Waals surface area contributed by atoms with Gasteiger partial charge in [-0.3, -0.25) is 0 Å². The van der Waals surface area contributed by atoms with Crippen LogP contribution in [0.25, 0.3) is 0 Å². The third-order valence-electron chi connectivity index (χ3n) is 1.82. The lowest BCUT2D eigenvalue weighted by molar-refractivity contribution is -0.137. The zero-order valence-corrected chi connectivity index (χ0v) is 10.4. The predicted molar refractivity (Wildman–Crippen MR) is 57.2 cm³/mol. The first kappa shape index (κ1) is 14.3. The average molecular weight is 234 g/mol. The Balaban J connectivity index is 3.66. The molecule has 6 heteroatoms. The van der Waals surface area contributed by atoms with Crippen molar-refractivity contribution in [2.24, 2.45) is 0 Å². The number of allylic oxidation sites excluding steroid dienone is 1. The van der Waals surface area contributed by atoms with E-state index in [1.165, 1.54) is 20.3 Å². The van der Waals surface area contributed by atoms with Gasteiger partial charge in [0.05, 0.1) is 6.61 Å². The molecule has 0 heterocycles. The molecular weight excluding hydrogens is 216 g/mol. The van der Waals surface area contributed by atoms with E-state index in [9.17, 15) is 9.59 Å². The Morgan fingerprint density at radius 3 is 2.47 bits per heavy atom. The van der Waals surface area contributed by atoms with Crippen LogP contribution in [0.2, 0.25) is 6.04 Å². The summed E-state index contributed by atoms with van der Waals surface area (Å²) in [4.78, 5) is 20.5. The molecule has 0 aromatic carbocycles. The van der Waals surface area contributed by atoms with Crippen LogP contribution in [0.3, 0.4) is 0 Å². The molecule has 0 aromatic heterocycles. The second-order valence-electron chi connectivity index (χ2n) is 2.89. The maximum absolute atomic E-state index is 10.9. The van der Waals surface area contributed by atoms with Crippen LogP contribution in [-0.2, 0) is 18.4 Å². The molecule has 0 unspecified atom stereocenters. The Bertz CT molecular complexity index is 213. The molecule has 0 fully saturated rings. The van der Waals surface area contributed by atoms with Gasteiger partial charge in [0.25, 0.3) is 0 Å². The number of rotatable bonds is 7. The van der Waals surface area contributed by atoms with Gasteiger partial charge in [-0.25, -0.2) is 4.79 Å². The summed E-state index contributed by atoms with van der Waals surface area (Å²) >= 11 is 0. The van der Waals surface area contributed by atoms with E-state index in [1.807, 2.05) is 0 Å².